The normalized spacial score (nSPS) is 37.8. The molecule has 0 aromatic rings. The van der Waals surface area contributed by atoms with Gasteiger partial charge in [-0.15, -0.1) is 0 Å². The molecule has 0 aromatic carbocycles. The van der Waals surface area contributed by atoms with Crippen molar-refractivity contribution in [2.45, 2.75) is 24.8 Å². The third-order valence-corrected chi connectivity index (χ3v) is 3.15. The average molecular weight is 171 g/mol. The van der Waals surface area contributed by atoms with Gasteiger partial charge in [-0.1, -0.05) is 0 Å². The average Bonchev–Trinajstić information content (AvgIpc) is 2.76. The molecule has 0 spiro atoms. The van der Waals surface area contributed by atoms with Gasteiger partial charge in [-0.25, -0.2) is 0 Å². The van der Waals surface area contributed by atoms with Crippen LogP contribution < -0.4 is 0 Å². The summed E-state index contributed by atoms with van der Waals surface area (Å²) in [4.78, 5) is 2.40. The van der Waals surface area contributed by atoms with Crippen LogP contribution in [0.4, 0.5) is 0 Å². The fraction of sp³-hybridized carbons (Fsp3) is 1.00. The van der Waals surface area contributed by atoms with Crippen molar-refractivity contribution in [1.82, 2.24) is 4.90 Å². The number of aliphatic hydroxyl groups excluding tert-OH is 1. The zero-order valence-corrected chi connectivity index (χ0v) is 7.46. The molecule has 0 aliphatic carbocycles. The molecular weight excluding hydrogens is 154 g/mol. The summed E-state index contributed by atoms with van der Waals surface area (Å²) in [7, 11) is 0. The van der Waals surface area contributed by atoms with Gasteiger partial charge < -0.3 is 9.84 Å². The van der Waals surface area contributed by atoms with Crippen LogP contribution in [-0.4, -0.2) is 48.5 Å². The highest BCUT2D eigenvalue weighted by Gasteiger charge is 2.40. The monoisotopic (exact) mass is 171 g/mol. The fourth-order valence-electron chi connectivity index (χ4n) is 2.26. The molecule has 1 N–H and O–H groups in total. The van der Waals surface area contributed by atoms with E-state index in [1.165, 1.54) is 12.8 Å². The zero-order chi connectivity index (χ0) is 8.44. The van der Waals surface area contributed by atoms with Crippen LogP contribution in [0.15, 0.2) is 0 Å². The van der Waals surface area contributed by atoms with Crippen LogP contribution in [0, 0.1) is 0 Å². The predicted octanol–water partition coefficient (Wildman–Crippen LogP) is 0.234. The number of nitrogens with zero attached hydrogens (tertiary/aromatic N) is 1. The van der Waals surface area contributed by atoms with Gasteiger partial charge in [0.1, 0.15) is 0 Å². The number of likely N-dealkylation sites (tertiary alicyclic amines) is 1. The predicted molar refractivity (Wildman–Crippen MR) is 46.1 cm³/mol. The van der Waals surface area contributed by atoms with Crippen molar-refractivity contribution in [3.8, 4) is 0 Å². The number of hydrogen-bond donors (Lipinski definition) is 1. The largest absolute Gasteiger partial charge is 0.394 e. The summed E-state index contributed by atoms with van der Waals surface area (Å²) >= 11 is 0. The first-order chi connectivity index (χ1) is 5.87. The summed E-state index contributed by atoms with van der Waals surface area (Å²) in [6, 6.07) is 0. The molecule has 0 radical (unpaired) electrons. The maximum Gasteiger partial charge on any atom is 0.0697 e. The first-order valence-corrected chi connectivity index (χ1v) is 4.81. The summed E-state index contributed by atoms with van der Waals surface area (Å²) < 4.78 is 5.36. The molecule has 0 bridgehead atoms. The van der Waals surface area contributed by atoms with Crippen molar-refractivity contribution in [3.05, 3.63) is 0 Å². The second kappa shape index (κ2) is 3.32. The summed E-state index contributed by atoms with van der Waals surface area (Å²) in [5, 5.41) is 9.36. The van der Waals surface area contributed by atoms with Crippen molar-refractivity contribution in [1.29, 1.82) is 0 Å². The Morgan fingerprint density at radius 3 is 2.58 bits per heavy atom. The van der Waals surface area contributed by atoms with Crippen molar-refractivity contribution < 1.29 is 9.84 Å². The molecular formula is C9H17NO2. The first kappa shape index (κ1) is 8.48. The van der Waals surface area contributed by atoms with Gasteiger partial charge in [-0.05, 0) is 32.4 Å². The van der Waals surface area contributed by atoms with E-state index < -0.39 is 0 Å². The Balaban J connectivity index is 2.04. The lowest BCUT2D eigenvalue weighted by atomic mass is 9.98. The van der Waals surface area contributed by atoms with Crippen LogP contribution >= 0.6 is 0 Å². The second-order valence-corrected chi connectivity index (χ2v) is 3.88. The Bertz CT molecular complexity index is 149. The van der Waals surface area contributed by atoms with Crippen LogP contribution in [0.25, 0.3) is 0 Å². The highest BCUT2D eigenvalue weighted by atomic mass is 16.5. The number of rotatable bonds is 2. The topological polar surface area (TPSA) is 32.7 Å². The molecule has 0 saturated carbocycles. The molecule has 0 aromatic heterocycles. The Labute approximate surface area is 73.3 Å². The van der Waals surface area contributed by atoms with Gasteiger partial charge in [0.15, 0.2) is 0 Å². The summed E-state index contributed by atoms with van der Waals surface area (Å²) in [5.41, 5.74) is -0.0174. The minimum atomic E-state index is -0.0174. The highest BCUT2D eigenvalue weighted by Crippen LogP contribution is 2.28. The highest BCUT2D eigenvalue weighted by molar-refractivity contribution is 4.95. The molecule has 0 amide bonds. The number of ether oxygens (including phenoxy) is 1. The Hall–Kier alpha value is -0.120. The first-order valence-electron chi connectivity index (χ1n) is 4.81. The van der Waals surface area contributed by atoms with Gasteiger partial charge in [-0.3, -0.25) is 4.90 Å². The van der Waals surface area contributed by atoms with Crippen molar-refractivity contribution in [2.75, 3.05) is 32.9 Å². The second-order valence-electron chi connectivity index (χ2n) is 3.88. The van der Waals surface area contributed by atoms with Crippen molar-refractivity contribution in [3.63, 3.8) is 0 Å². The van der Waals surface area contributed by atoms with E-state index in [1.54, 1.807) is 0 Å². The minimum Gasteiger partial charge on any atom is -0.394 e. The summed E-state index contributed by atoms with van der Waals surface area (Å²) in [5.74, 6) is 0. The van der Waals surface area contributed by atoms with Crippen LogP contribution in [0.2, 0.25) is 0 Å². The van der Waals surface area contributed by atoms with Crippen molar-refractivity contribution >= 4 is 0 Å². The molecule has 1 atom stereocenters. The van der Waals surface area contributed by atoms with Crippen LogP contribution in [-0.2, 0) is 4.74 Å². The molecule has 1 unspecified atom stereocenters. The lowest BCUT2D eigenvalue weighted by Crippen LogP contribution is -2.50. The standard InChI is InChI=1S/C9H17NO2/c11-7-9(3-6-12-8-9)10-4-1-2-5-10/h11H,1-8H2. The fourth-order valence-corrected chi connectivity index (χ4v) is 2.26. The van der Waals surface area contributed by atoms with E-state index in [1.807, 2.05) is 0 Å². The van der Waals surface area contributed by atoms with Gasteiger partial charge in [0.2, 0.25) is 0 Å². The minimum absolute atomic E-state index is 0.0174. The zero-order valence-electron chi connectivity index (χ0n) is 7.46. The molecule has 2 aliphatic heterocycles. The van der Waals surface area contributed by atoms with Gasteiger partial charge in [0.25, 0.3) is 0 Å². The van der Waals surface area contributed by atoms with Crippen molar-refractivity contribution in [2.24, 2.45) is 0 Å². The molecule has 3 nitrogen and oxygen atoms in total. The molecule has 70 valence electrons. The molecule has 2 heterocycles. The Kier molecular flexibility index (Phi) is 2.35. The molecule has 2 rings (SSSR count). The summed E-state index contributed by atoms with van der Waals surface area (Å²) in [6.45, 7) is 4.08. The van der Waals surface area contributed by atoms with Crippen LogP contribution in [0.5, 0.6) is 0 Å². The third kappa shape index (κ3) is 1.26. The third-order valence-electron chi connectivity index (χ3n) is 3.15. The van der Waals surface area contributed by atoms with Gasteiger partial charge in [-0.2, -0.15) is 0 Å². The maximum atomic E-state index is 9.36. The molecule has 2 fully saturated rings. The summed E-state index contributed by atoms with van der Waals surface area (Å²) in [6.07, 6.45) is 3.56. The smallest absolute Gasteiger partial charge is 0.0697 e. The van der Waals surface area contributed by atoms with E-state index in [2.05, 4.69) is 4.90 Å². The van der Waals surface area contributed by atoms with Gasteiger partial charge in [0.05, 0.1) is 18.8 Å². The lowest BCUT2D eigenvalue weighted by Gasteiger charge is -2.35. The number of hydrogen-bond acceptors (Lipinski definition) is 3. The SMILES string of the molecule is OCC1(N2CCCC2)CCOC1. The van der Waals surface area contributed by atoms with Gasteiger partial charge >= 0.3 is 0 Å². The quantitative estimate of drug-likeness (QED) is 0.645. The van der Waals surface area contributed by atoms with E-state index >= 15 is 0 Å². The number of aliphatic hydroxyl groups is 1. The van der Waals surface area contributed by atoms with E-state index in [4.69, 9.17) is 4.74 Å². The molecule has 2 saturated heterocycles. The van der Waals surface area contributed by atoms with E-state index in [9.17, 15) is 5.11 Å². The van der Waals surface area contributed by atoms with Crippen LogP contribution in [0.3, 0.4) is 0 Å². The lowest BCUT2D eigenvalue weighted by molar-refractivity contribution is 0.0348. The molecule has 3 heteroatoms. The Morgan fingerprint density at radius 1 is 1.33 bits per heavy atom. The Morgan fingerprint density at radius 2 is 2.08 bits per heavy atom. The van der Waals surface area contributed by atoms with E-state index in [0.717, 1.165) is 32.7 Å². The van der Waals surface area contributed by atoms with E-state index in [-0.39, 0.29) is 12.1 Å². The molecule has 2 aliphatic rings. The van der Waals surface area contributed by atoms with Gasteiger partial charge in [0, 0.05) is 6.61 Å². The van der Waals surface area contributed by atoms with E-state index in [0.29, 0.717) is 0 Å². The molecule has 12 heavy (non-hydrogen) atoms. The van der Waals surface area contributed by atoms with Crippen LogP contribution in [0.1, 0.15) is 19.3 Å². The maximum absolute atomic E-state index is 9.36.